The minimum absolute atomic E-state index is 0.148. The Morgan fingerprint density at radius 2 is 1.68 bits per heavy atom. The fraction of sp³-hybridized carbons (Fsp3) is 0.947. The van der Waals surface area contributed by atoms with E-state index >= 15 is 0 Å². The van der Waals surface area contributed by atoms with Gasteiger partial charge in [0.25, 0.3) is 0 Å². The van der Waals surface area contributed by atoms with Crippen LogP contribution in [0.25, 0.3) is 0 Å². The van der Waals surface area contributed by atoms with E-state index in [1.54, 1.807) is 14.0 Å². The van der Waals surface area contributed by atoms with Crippen molar-refractivity contribution in [2.75, 3.05) is 24.8 Å². The first-order chi connectivity index (χ1) is 12.9. The molecule has 0 N–H and O–H groups in total. The Kier molecular flexibility index (Phi) is 8.12. The van der Waals surface area contributed by atoms with Crippen molar-refractivity contribution in [3.8, 4) is 0 Å². The van der Waals surface area contributed by atoms with Crippen LogP contribution >= 0.6 is 27.7 Å². The number of ether oxygens (including phenoxy) is 3. The molecule has 2 fully saturated rings. The molecule has 2 bridgehead atoms. The number of esters is 1. The van der Waals surface area contributed by atoms with Crippen molar-refractivity contribution in [2.45, 2.75) is 88.4 Å². The normalized spacial score (nSPS) is 32.8. The Hall–Kier alpha value is 0.357. The van der Waals surface area contributed by atoms with Gasteiger partial charge < -0.3 is 23.1 Å². The van der Waals surface area contributed by atoms with E-state index in [2.05, 4.69) is 57.5 Å². The van der Waals surface area contributed by atoms with Crippen LogP contribution < -0.4 is 0 Å². The van der Waals surface area contributed by atoms with Crippen LogP contribution in [0.15, 0.2) is 0 Å². The molecule has 2 saturated heterocycles. The monoisotopic (exact) mass is 498 g/mol. The van der Waals surface area contributed by atoms with E-state index in [1.165, 1.54) is 11.8 Å². The molecule has 0 unspecified atom stereocenters. The Bertz CT molecular complexity index is 536. The number of carbonyl (C=O) groups is 1. The lowest BCUT2D eigenvalue weighted by molar-refractivity contribution is -0.231. The van der Waals surface area contributed by atoms with Crippen molar-refractivity contribution in [3.05, 3.63) is 0 Å². The summed E-state index contributed by atoms with van der Waals surface area (Å²) in [5, 5.41) is 0.329. The van der Waals surface area contributed by atoms with E-state index in [4.69, 9.17) is 23.1 Å². The Morgan fingerprint density at radius 3 is 2.14 bits per heavy atom. The molecule has 0 spiro atoms. The smallest absolute Gasteiger partial charge is 0.350 e. The fourth-order valence-electron chi connectivity index (χ4n) is 4.27. The molecule has 0 saturated carbocycles. The van der Waals surface area contributed by atoms with Crippen molar-refractivity contribution >= 4 is 42.2 Å². The second kappa shape index (κ2) is 9.24. The van der Waals surface area contributed by atoms with E-state index < -0.39 is 8.56 Å². The molecule has 0 amide bonds. The number of methoxy groups -OCH3 is 1. The fourth-order valence-corrected chi connectivity index (χ4v) is 10.9. The highest BCUT2D eigenvalue weighted by molar-refractivity contribution is 9.09. The number of rotatable bonds is 6. The van der Waals surface area contributed by atoms with E-state index in [9.17, 15) is 4.79 Å². The molecule has 0 aromatic heterocycles. The van der Waals surface area contributed by atoms with Crippen LogP contribution in [0.3, 0.4) is 0 Å². The van der Waals surface area contributed by atoms with Gasteiger partial charge in [-0.15, -0.1) is 11.8 Å². The third-order valence-corrected chi connectivity index (χ3v) is 12.2. The zero-order chi connectivity index (χ0) is 21.3. The van der Waals surface area contributed by atoms with Gasteiger partial charge in [0.2, 0.25) is 0 Å². The molecule has 2 heterocycles. The summed E-state index contributed by atoms with van der Waals surface area (Å²) in [6.07, 6.45) is -0.945. The number of hydrogen-bond acceptors (Lipinski definition) is 7. The molecule has 5 atom stereocenters. The lowest BCUT2D eigenvalue weighted by atomic mass is 10.0. The standard InChI is InChI=1S/C19H35BrO6SSi/c1-9-23-13(21)11-27-17-16-15(22-8)14(12(10-20)24-17)25-28(26-16,18(2,3)4)19(5,6)7/h12,14-17H,9-11H2,1-8H3/t12-,14-,15+,16-,17+/m1/s1. The van der Waals surface area contributed by atoms with Crippen LogP contribution in [-0.2, 0) is 27.9 Å². The molecule has 0 radical (unpaired) electrons. The molecule has 2 aliphatic heterocycles. The second-order valence-corrected chi connectivity index (χ2v) is 15.7. The number of halogens is 1. The lowest BCUT2D eigenvalue weighted by Gasteiger charge is -2.60. The van der Waals surface area contributed by atoms with E-state index in [0.717, 1.165) is 0 Å². The summed E-state index contributed by atoms with van der Waals surface area (Å²) in [6, 6.07) is 0. The highest BCUT2D eigenvalue weighted by Crippen LogP contribution is 2.57. The minimum Gasteiger partial charge on any atom is -0.465 e. The van der Waals surface area contributed by atoms with E-state index in [1.807, 2.05) is 0 Å². The van der Waals surface area contributed by atoms with Gasteiger partial charge in [-0.1, -0.05) is 57.5 Å². The molecule has 2 aliphatic rings. The van der Waals surface area contributed by atoms with Crippen molar-refractivity contribution in [2.24, 2.45) is 0 Å². The average molecular weight is 500 g/mol. The average Bonchev–Trinajstić information content (AvgIpc) is 2.58. The number of hydrogen-bond donors (Lipinski definition) is 0. The maximum absolute atomic E-state index is 11.9. The van der Waals surface area contributed by atoms with Gasteiger partial charge in [0.05, 0.1) is 18.5 Å². The Balaban J connectivity index is 2.39. The van der Waals surface area contributed by atoms with Crippen molar-refractivity contribution in [1.29, 1.82) is 0 Å². The third kappa shape index (κ3) is 4.65. The molecule has 28 heavy (non-hydrogen) atoms. The number of thioether (sulfide) groups is 1. The van der Waals surface area contributed by atoms with Gasteiger partial charge in [-0.2, -0.15) is 0 Å². The molecule has 164 valence electrons. The van der Waals surface area contributed by atoms with Crippen LogP contribution in [0, 0.1) is 0 Å². The SMILES string of the molecule is CCOC(=O)CS[C@@H]1O[C@H](CBr)[C@H]2O[Si](C(C)(C)C)(C(C)(C)C)O[C@@H]1[C@H]2OC. The van der Waals surface area contributed by atoms with Gasteiger partial charge >= 0.3 is 14.5 Å². The van der Waals surface area contributed by atoms with Gasteiger partial charge in [0.1, 0.15) is 23.7 Å². The van der Waals surface area contributed by atoms with Crippen molar-refractivity contribution in [3.63, 3.8) is 0 Å². The summed E-state index contributed by atoms with van der Waals surface area (Å²) in [6.45, 7) is 15.3. The minimum atomic E-state index is -2.72. The third-order valence-electron chi connectivity index (χ3n) is 5.27. The van der Waals surface area contributed by atoms with Gasteiger partial charge in [0, 0.05) is 22.5 Å². The van der Waals surface area contributed by atoms with Crippen LogP contribution in [0.1, 0.15) is 48.5 Å². The second-order valence-electron chi connectivity index (χ2n) is 9.30. The maximum Gasteiger partial charge on any atom is 0.350 e. The van der Waals surface area contributed by atoms with Crippen molar-refractivity contribution < 1.29 is 27.9 Å². The van der Waals surface area contributed by atoms with Crippen LogP contribution in [0.5, 0.6) is 0 Å². The zero-order valence-electron chi connectivity index (χ0n) is 18.2. The molecule has 0 aromatic carbocycles. The Morgan fingerprint density at radius 1 is 1.11 bits per heavy atom. The van der Waals surface area contributed by atoms with E-state index in [0.29, 0.717) is 11.9 Å². The largest absolute Gasteiger partial charge is 0.465 e. The summed E-state index contributed by atoms with van der Waals surface area (Å²) in [5.74, 6) is -0.0284. The van der Waals surface area contributed by atoms with Crippen LogP contribution in [-0.4, -0.2) is 69.2 Å². The summed E-state index contributed by atoms with van der Waals surface area (Å²) in [7, 11) is -1.04. The molecule has 2 rings (SSSR count). The molecule has 9 heteroatoms. The highest BCUT2D eigenvalue weighted by Gasteiger charge is 2.67. The molecular weight excluding hydrogens is 464 g/mol. The number of alkyl halides is 1. The van der Waals surface area contributed by atoms with Crippen LogP contribution in [0.2, 0.25) is 10.1 Å². The van der Waals surface area contributed by atoms with Gasteiger partial charge in [0.15, 0.2) is 0 Å². The number of carbonyl (C=O) groups excluding carboxylic acids is 1. The molecule has 6 nitrogen and oxygen atoms in total. The first kappa shape index (κ1) is 24.6. The topological polar surface area (TPSA) is 63.2 Å². The summed E-state index contributed by atoms with van der Waals surface area (Å²) in [5.41, 5.74) is -0.325. The summed E-state index contributed by atoms with van der Waals surface area (Å²) in [4.78, 5) is 11.9. The summed E-state index contributed by atoms with van der Waals surface area (Å²) < 4.78 is 30.9. The van der Waals surface area contributed by atoms with Gasteiger partial charge in [-0.3, -0.25) is 4.79 Å². The zero-order valence-corrected chi connectivity index (χ0v) is 21.6. The van der Waals surface area contributed by atoms with Gasteiger partial charge in [-0.05, 0) is 6.92 Å². The predicted octanol–water partition coefficient (Wildman–Crippen LogP) is 4.24. The maximum atomic E-state index is 11.9. The first-order valence-electron chi connectivity index (χ1n) is 9.79. The number of fused-ring (bicyclic) bond motifs is 2. The van der Waals surface area contributed by atoms with Crippen LogP contribution in [0.4, 0.5) is 0 Å². The molecule has 0 aliphatic carbocycles. The quantitative estimate of drug-likeness (QED) is 0.308. The molecular formula is C19H35BrO6SSi. The first-order valence-corrected chi connectivity index (χ1v) is 13.8. The highest BCUT2D eigenvalue weighted by atomic mass is 79.9. The van der Waals surface area contributed by atoms with Gasteiger partial charge in [-0.25, -0.2) is 0 Å². The predicted molar refractivity (Wildman–Crippen MR) is 117 cm³/mol. The Labute approximate surface area is 183 Å². The lowest BCUT2D eigenvalue weighted by Crippen LogP contribution is -2.74. The van der Waals surface area contributed by atoms with E-state index in [-0.39, 0.29) is 51.7 Å². The summed E-state index contributed by atoms with van der Waals surface area (Å²) >= 11 is 5.00. The van der Waals surface area contributed by atoms with Crippen molar-refractivity contribution in [1.82, 2.24) is 0 Å². The molecule has 0 aromatic rings.